The SMILES string of the molecule is C#C.CCCC(CC)C(C)C. The van der Waals surface area contributed by atoms with Crippen molar-refractivity contribution < 1.29 is 0 Å². The fourth-order valence-electron chi connectivity index (χ4n) is 1.38. The van der Waals surface area contributed by atoms with Gasteiger partial charge in [0, 0.05) is 0 Å². The zero-order valence-electron chi connectivity index (χ0n) is 8.43. The van der Waals surface area contributed by atoms with E-state index in [9.17, 15) is 0 Å². The molecule has 0 aromatic heterocycles. The van der Waals surface area contributed by atoms with Crippen LogP contribution in [-0.4, -0.2) is 0 Å². The van der Waals surface area contributed by atoms with Gasteiger partial charge in [-0.05, 0) is 11.8 Å². The number of terminal acetylenes is 1. The van der Waals surface area contributed by atoms with Crippen LogP contribution in [-0.2, 0) is 0 Å². The summed E-state index contributed by atoms with van der Waals surface area (Å²) in [4.78, 5) is 0. The summed E-state index contributed by atoms with van der Waals surface area (Å²) in [5.74, 6) is 1.85. The minimum Gasteiger partial charge on any atom is -0.124 e. The Hall–Kier alpha value is -0.440. The average Bonchev–Trinajstić information content (AvgIpc) is 2.03. The molecule has 0 aromatic carbocycles. The molecule has 66 valence electrons. The molecule has 0 heteroatoms. The van der Waals surface area contributed by atoms with Crippen molar-refractivity contribution in [2.45, 2.75) is 47.0 Å². The Morgan fingerprint density at radius 2 is 1.55 bits per heavy atom. The standard InChI is InChI=1S/C9H20.C2H2/c1-5-7-9(6-2)8(3)4;1-2/h8-9H,5-7H2,1-4H3;1-2H. The van der Waals surface area contributed by atoms with E-state index in [2.05, 4.69) is 40.5 Å². The molecule has 0 nitrogen and oxygen atoms in total. The van der Waals surface area contributed by atoms with Gasteiger partial charge in [-0.1, -0.05) is 47.0 Å². The van der Waals surface area contributed by atoms with Crippen LogP contribution >= 0.6 is 0 Å². The van der Waals surface area contributed by atoms with Gasteiger partial charge in [-0.15, -0.1) is 12.8 Å². The molecule has 0 saturated heterocycles. The van der Waals surface area contributed by atoms with Crippen molar-refractivity contribution in [2.24, 2.45) is 11.8 Å². The van der Waals surface area contributed by atoms with Crippen molar-refractivity contribution in [3.63, 3.8) is 0 Å². The molecule has 0 saturated carbocycles. The van der Waals surface area contributed by atoms with E-state index < -0.39 is 0 Å². The molecule has 1 atom stereocenters. The molecule has 0 N–H and O–H groups in total. The Balaban J connectivity index is 0. The third kappa shape index (κ3) is 7.46. The predicted molar refractivity (Wildman–Crippen MR) is 53.4 cm³/mol. The third-order valence-corrected chi connectivity index (χ3v) is 2.13. The minimum atomic E-state index is 0.884. The lowest BCUT2D eigenvalue weighted by atomic mass is 9.89. The van der Waals surface area contributed by atoms with Gasteiger partial charge in [0.25, 0.3) is 0 Å². The van der Waals surface area contributed by atoms with Gasteiger partial charge in [-0.2, -0.15) is 0 Å². The fourth-order valence-corrected chi connectivity index (χ4v) is 1.38. The Morgan fingerprint density at radius 3 is 1.64 bits per heavy atom. The maximum atomic E-state index is 4.00. The first-order valence-corrected chi connectivity index (χ1v) is 4.55. The van der Waals surface area contributed by atoms with Crippen molar-refractivity contribution in [3.05, 3.63) is 0 Å². The highest BCUT2D eigenvalue weighted by molar-refractivity contribution is 4.59. The summed E-state index contributed by atoms with van der Waals surface area (Å²) in [7, 11) is 0. The summed E-state index contributed by atoms with van der Waals surface area (Å²) in [5, 5.41) is 0. The Morgan fingerprint density at radius 1 is 1.09 bits per heavy atom. The molecule has 0 aliphatic rings. The Bertz CT molecular complexity index is 79.3. The van der Waals surface area contributed by atoms with Gasteiger partial charge < -0.3 is 0 Å². The molecule has 0 heterocycles. The molecule has 0 aliphatic carbocycles. The van der Waals surface area contributed by atoms with Gasteiger partial charge in [-0.3, -0.25) is 0 Å². The number of hydrogen-bond donors (Lipinski definition) is 0. The lowest BCUT2D eigenvalue weighted by molar-refractivity contribution is 0.346. The summed E-state index contributed by atoms with van der Waals surface area (Å²) in [6.45, 7) is 9.21. The van der Waals surface area contributed by atoms with Gasteiger partial charge in [0.05, 0.1) is 0 Å². The second-order valence-electron chi connectivity index (χ2n) is 3.20. The molecule has 0 fully saturated rings. The number of hydrogen-bond acceptors (Lipinski definition) is 0. The van der Waals surface area contributed by atoms with Crippen LogP contribution in [0.15, 0.2) is 0 Å². The van der Waals surface area contributed by atoms with E-state index in [1.165, 1.54) is 19.3 Å². The largest absolute Gasteiger partial charge is 0.124 e. The lowest BCUT2D eigenvalue weighted by Gasteiger charge is -2.17. The van der Waals surface area contributed by atoms with Crippen LogP contribution in [0.25, 0.3) is 0 Å². The summed E-state index contributed by atoms with van der Waals surface area (Å²) < 4.78 is 0. The maximum Gasteiger partial charge on any atom is -0.0394 e. The highest BCUT2D eigenvalue weighted by atomic mass is 14.1. The molecule has 0 amide bonds. The zero-order valence-corrected chi connectivity index (χ0v) is 8.43. The van der Waals surface area contributed by atoms with Crippen LogP contribution in [0.5, 0.6) is 0 Å². The molecule has 0 aromatic rings. The van der Waals surface area contributed by atoms with E-state index in [0.717, 1.165) is 11.8 Å². The zero-order chi connectivity index (χ0) is 9.28. The quantitative estimate of drug-likeness (QED) is 0.541. The highest BCUT2D eigenvalue weighted by Crippen LogP contribution is 2.19. The first-order valence-electron chi connectivity index (χ1n) is 4.55. The van der Waals surface area contributed by atoms with Gasteiger partial charge in [-0.25, -0.2) is 0 Å². The van der Waals surface area contributed by atoms with E-state index >= 15 is 0 Å². The van der Waals surface area contributed by atoms with Gasteiger partial charge in [0.1, 0.15) is 0 Å². The Kier molecular flexibility index (Phi) is 11.4. The monoisotopic (exact) mass is 154 g/mol. The minimum absolute atomic E-state index is 0.884. The van der Waals surface area contributed by atoms with Crippen LogP contribution in [0.4, 0.5) is 0 Å². The van der Waals surface area contributed by atoms with E-state index in [-0.39, 0.29) is 0 Å². The molecular formula is C11H22. The first kappa shape index (κ1) is 13.2. The molecule has 0 rings (SSSR count). The van der Waals surface area contributed by atoms with Crippen molar-refractivity contribution in [1.82, 2.24) is 0 Å². The molecule has 0 aliphatic heterocycles. The Labute approximate surface area is 72.4 Å². The fraction of sp³-hybridized carbons (Fsp3) is 0.818. The molecule has 1 unspecified atom stereocenters. The number of rotatable bonds is 4. The first-order chi connectivity index (χ1) is 5.22. The van der Waals surface area contributed by atoms with Crippen molar-refractivity contribution >= 4 is 0 Å². The van der Waals surface area contributed by atoms with Crippen molar-refractivity contribution in [3.8, 4) is 12.8 Å². The van der Waals surface area contributed by atoms with E-state index in [0.29, 0.717) is 0 Å². The van der Waals surface area contributed by atoms with Crippen LogP contribution in [0.3, 0.4) is 0 Å². The van der Waals surface area contributed by atoms with Crippen LogP contribution in [0, 0.1) is 24.7 Å². The molecule has 0 radical (unpaired) electrons. The second kappa shape index (κ2) is 9.56. The van der Waals surface area contributed by atoms with Gasteiger partial charge in [0.2, 0.25) is 0 Å². The van der Waals surface area contributed by atoms with E-state index in [4.69, 9.17) is 0 Å². The average molecular weight is 154 g/mol. The van der Waals surface area contributed by atoms with E-state index in [1.807, 2.05) is 0 Å². The summed E-state index contributed by atoms with van der Waals surface area (Å²) in [6.07, 6.45) is 12.1. The van der Waals surface area contributed by atoms with Gasteiger partial charge >= 0.3 is 0 Å². The van der Waals surface area contributed by atoms with E-state index in [1.54, 1.807) is 0 Å². The lowest BCUT2D eigenvalue weighted by Crippen LogP contribution is -2.06. The van der Waals surface area contributed by atoms with Gasteiger partial charge in [0.15, 0.2) is 0 Å². The summed E-state index contributed by atoms with van der Waals surface area (Å²) in [5.41, 5.74) is 0. The smallest absolute Gasteiger partial charge is 0.0394 e. The highest BCUT2D eigenvalue weighted by Gasteiger charge is 2.08. The normalized spacial score (nSPS) is 11.9. The second-order valence-corrected chi connectivity index (χ2v) is 3.20. The van der Waals surface area contributed by atoms with Crippen LogP contribution in [0.2, 0.25) is 0 Å². The molecule has 0 bridgehead atoms. The third-order valence-electron chi connectivity index (χ3n) is 2.13. The van der Waals surface area contributed by atoms with Crippen molar-refractivity contribution in [1.29, 1.82) is 0 Å². The summed E-state index contributed by atoms with van der Waals surface area (Å²) in [6, 6.07) is 0. The maximum absolute atomic E-state index is 4.00. The van der Waals surface area contributed by atoms with Crippen molar-refractivity contribution in [2.75, 3.05) is 0 Å². The topological polar surface area (TPSA) is 0 Å². The van der Waals surface area contributed by atoms with Crippen LogP contribution < -0.4 is 0 Å². The molecule has 0 spiro atoms. The summed E-state index contributed by atoms with van der Waals surface area (Å²) >= 11 is 0. The molecule has 11 heavy (non-hydrogen) atoms. The van der Waals surface area contributed by atoms with Crippen LogP contribution in [0.1, 0.15) is 47.0 Å². The molecular weight excluding hydrogens is 132 g/mol. The predicted octanol–water partition coefficient (Wildman–Crippen LogP) is 3.72.